The Morgan fingerprint density at radius 2 is 1.97 bits per heavy atom. The number of hydrogen-bond donors (Lipinski definition) is 0. The molecule has 0 aliphatic heterocycles. The number of hydrogen-bond acceptors (Lipinski definition) is 7. The summed E-state index contributed by atoms with van der Waals surface area (Å²) in [4.78, 5) is 28.9. The quantitative estimate of drug-likeness (QED) is 0.373. The molecule has 2 aromatic carbocycles. The molecular formula is C21H17N3O4S. The normalized spacial score (nSPS) is 11.7. The van der Waals surface area contributed by atoms with Crippen molar-refractivity contribution in [3.8, 4) is 11.5 Å². The Morgan fingerprint density at radius 3 is 2.66 bits per heavy atom. The minimum atomic E-state index is -0.432. The molecule has 0 amide bonds. The number of esters is 1. The Hall–Kier alpha value is -3.52. The van der Waals surface area contributed by atoms with E-state index in [2.05, 4.69) is 10.1 Å². The molecule has 4 rings (SSSR count). The van der Waals surface area contributed by atoms with Crippen LogP contribution < -0.4 is 19.6 Å². The van der Waals surface area contributed by atoms with Crippen LogP contribution in [0.25, 0.3) is 11.0 Å². The van der Waals surface area contributed by atoms with Crippen LogP contribution in [0.5, 0.6) is 11.5 Å². The summed E-state index contributed by atoms with van der Waals surface area (Å²) in [6.45, 7) is 1.32. The van der Waals surface area contributed by atoms with Crippen LogP contribution in [0.15, 0.2) is 53.3 Å². The lowest BCUT2D eigenvalue weighted by molar-refractivity contribution is -0.132. The third-order valence-corrected chi connectivity index (χ3v) is 5.13. The minimum Gasteiger partial charge on any atom is -0.493 e. The zero-order valence-electron chi connectivity index (χ0n) is 15.8. The zero-order chi connectivity index (χ0) is 20.4. The van der Waals surface area contributed by atoms with Gasteiger partial charge in [0, 0.05) is 13.3 Å². The van der Waals surface area contributed by atoms with Gasteiger partial charge in [-0.05, 0) is 29.3 Å². The van der Waals surface area contributed by atoms with Crippen molar-refractivity contribution >= 4 is 28.3 Å². The molecule has 29 heavy (non-hydrogen) atoms. The van der Waals surface area contributed by atoms with Gasteiger partial charge in [-0.1, -0.05) is 47.7 Å². The Labute approximate surface area is 169 Å². The number of fused-ring (bicyclic) bond motifs is 1. The summed E-state index contributed by atoms with van der Waals surface area (Å²) in [5.74, 6) is 0.913. The summed E-state index contributed by atoms with van der Waals surface area (Å²) in [5, 5.41) is 4.35. The van der Waals surface area contributed by atoms with Crippen molar-refractivity contribution in [3.63, 3.8) is 0 Å². The summed E-state index contributed by atoms with van der Waals surface area (Å²) >= 11 is 1.27. The molecule has 0 saturated carbocycles. The van der Waals surface area contributed by atoms with Crippen LogP contribution >= 0.6 is 11.3 Å². The predicted molar refractivity (Wildman–Crippen MR) is 109 cm³/mol. The van der Waals surface area contributed by atoms with E-state index in [1.54, 1.807) is 24.3 Å². The van der Waals surface area contributed by atoms with Crippen LogP contribution in [0.3, 0.4) is 0 Å². The molecule has 2 heterocycles. The van der Waals surface area contributed by atoms with Gasteiger partial charge in [0.2, 0.25) is 4.96 Å². The predicted octanol–water partition coefficient (Wildman–Crippen LogP) is 2.22. The van der Waals surface area contributed by atoms with Gasteiger partial charge in [0.15, 0.2) is 17.3 Å². The molecule has 0 bridgehead atoms. The summed E-state index contributed by atoms with van der Waals surface area (Å²) in [7, 11) is 1.49. The molecule has 0 aliphatic carbocycles. The average molecular weight is 407 g/mol. The van der Waals surface area contributed by atoms with Crippen molar-refractivity contribution in [1.82, 2.24) is 14.6 Å². The first-order valence-corrected chi connectivity index (χ1v) is 9.65. The highest BCUT2D eigenvalue weighted by molar-refractivity contribution is 7.15. The molecule has 0 fully saturated rings. The number of thiazole rings is 1. The number of methoxy groups -OCH3 is 1. The monoisotopic (exact) mass is 407 g/mol. The summed E-state index contributed by atoms with van der Waals surface area (Å²) < 4.78 is 12.2. The lowest BCUT2D eigenvalue weighted by atomic mass is 10.1. The molecule has 146 valence electrons. The second kappa shape index (κ2) is 7.84. The highest BCUT2D eigenvalue weighted by Crippen LogP contribution is 2.28. The minimum absolute atomic E-state index is 0.222. The third kappa shape index (κ3) is 4.02. The topological polar surface area (TPSA) is 82.8 Å². The Balaban J connectivity index is 1.66. The largest absolute Gasteiger partial charge is 0.493 e. The Morgan fingerprint density at radius 1 is 1.17 bits per heavy atom. The molecule has 0 atom stereocenters. The SMILES string of the molecule is COc1cc(/C=c2\sc3nc(Cc4ccccc4)nn3c2=O)ccc1OC(C)=O. The molecule has 0 unspecified atom stereocenters. The van der Waals surface area contributed by atoms with Crippen molar-refractivity contribution < 1.29 is 14.3 Å². The summed E-state index contributed by atoms with van der Waals surface area (Å²) in [6, 6.07) is 14.9. The highest BCUT2D eigenvalue weighted by atomic mass is 32.1. The number of ether oxygens (including phenoxy) is 2. The highest BCUT2D eigenvalue weighted by Gasteiger charge is 2.12. The lowest BCUT2D eigenvalue weighted by Crippen LogP contribution is -2.23. The fourth-order valence-corrected chi connectivity index (χ4v) is 3.82. The molecule has 0 aliphatic rings. The molecule has 2 aromatic heterocycles. The molecule has 4 aromatic rings. The number of rotatable bonds is 5. The standard InChI is InChI=1S/C21H17N3O4S/c1-13(25)28-16-9-8-15(10-17(16)27-2)11-18-20(26)24-21(29-18)22-19(23-24)12-14-6-4-3-5-7-14/h3-11H,12H2,1-2H3/b18-11-. The van der Waals surface area contributed by atoms with Gasteiger partial charge in [-0.25, -0.2) is 4.98 Å². The van der Waals surface area contributed by atoms with Gasteiger partial charge in [-0.15, -0.1) is 5.10 Å². The molecule has 0 N–H and O–H groups in total. The van der Waals surface area contributed by atoms with Crippen LogP contribution in [0.2, 0.25) is 0 Å². The third-order valence-electron chi connectivity index (χ3n) is 4.17. The molecule has 7 nitrogen and oxygen atoms in total. The van der Waals surface area contributed by atoms with Crippen molar-refractivity contribution in [2.75, 3.05) is 7.11 Å². The number of benzene rings is 2. The van der Waals surface area contributed by atoms with Gasteiger partial charge in [-0.3, -0.25) is 9.59 Å². The first kappa shape index (κ1) is 18.8. The van der Waals surface area contributed by atoms with Crippen molar-refractivity contribution in [2.24, 2.45) is 0 Å². The van der Waals surface area contributed by atoms with E-state index in [4.69, 9.17) is 9.47 Å². The maximum Gasteiger partial charge on any atom is 0.308 e. The number of carbonyl (C=O) groups is 1. The molecule has 0 radical (unpaired) electrons. The second-order valence-electron chi connectivity index (χ2n) is 6.30. The van der Waals surface area contributed by atoms with Crippen molar-refractivity contribution in [3.05, 3.63) is 80.4 Å². The van der Waals surface area contributed by atoms with E-state index in [-0.39, 0.29) is 5.56 Å². The average Bonchev–Trinajstić information content (AvgIpc) is 3.22. The summed E-state index contributed by atoms with van der Waals surface area (Å²) in [6.07, 6.45) is 2.31. The van der Waals surface area contributed by atoms with Crippen LogP contribution in [-0.4, -0.2) is 27.7 Å². The van der Waals surface area contributed by atoms with Gasteiger partial charge in [0.1, 0.15) is 0 Å². The van der Waals surface area contributed by atoms with Crippen LogP contribution in [0, 0.1) is 0 Å². The lowest BCUT2D eigenvalue weighted by Gasteiger charge is -2.08. The molecule has 0 spiro atoms. The second-order valence-corrected chi connectivity index (χ2v) is 7.31. The van der Waals surface area contributed by atoms with E-state index in [0.717, 1.165) is 11.1 Å². The molecule has 0 saturated heterocycles. The van der Waals surface area contributed by atoms with Gasteiger partial charge < -0.3 is 9.47 Å². The van der Waals surface area contributed by atoms with E-state index in [9.17, 15) is 9.59 Å². The van der Waals surface area contributed by atoms with E-state index >= 15 is 0 Å². The van der Waals surface area contributed by atoms with E-state index in [1.165, 1.54) is 29.9 Å². The van der Waals surface area contributed by atoms with E-state index < -0.39 is 5.97 Å². The molecular weight excluding hydrogens is 390 g/mol. The van der Waals surface area contributed by atoms with E-state index in [0.29, 0.717) is 33.2 Å². The van der Waals surface area contributed by atoms with Crippen LogP contribution in [0.1, 0.15) is 23.9 Å². The van der Waals surface area contributed by atoms with Gasteiger partial charge in [0.05, 0.1) is 11.6 Å². The zero-order valence-corrected chi connectivity index (χ0v) is 16.6. The first-order chi connectivity index (χ1) is 14.0. The number of aromatic nitrogens is 3. The van der Waals surface area contributed by atoms with Crippen molar-refractivity contribution in [1.29, 1.82) is 0 Å². The maximum atomic E-state index is 12.7. The first-order valence-electron chi connectivity index (χ1n) is 8.84. The molecule has 8 heteroatoms. The maximum absolute atomic E-state index is 12.7. The Kier molecular flexibility index (Phi) is 5.09. The van der Waals surface area contributed by atoms with Crippen molar-refractivity contribution in [2.45, 2.75) is 13.3 Å². The van der Waals surface area contributed by atoms with E-state index in [1.807, 2.05) is 30.3 Å². The van der Waals surface area contributed by atoms with Crippen LogP contribution in [-0.2, 0) is 11.2 Å². The Bertz CT molecular complexity index is 1290. The van der Waals surface area contributed by atoms with Crippen LogP contribution in [0.4, 0.5) is 0 Å². The summed E-state index contributed by atoms with van der Waals surface area (Å²) in [5.41, 5.74) is 1.61. The van der Waals surface area contributed by atoms with Gasteiger partial charge in [0.25, 0.3) is 5.56 Å². The smallest absolute Gasteiger partial charge is 0.308 e. The van der Waals surface area contributed by atoms with Gasteiger partial charge in [-0.2, -0.15) is 4.52 Å². The number of carbonyl (C=O) groups excluding carboxylic acids is 1. The number of nitrogens with zero attached hydrogens (tertiary/aromatic N) is 3. The fourth-order valence-electron chi connectivity index (χ4n) is 2.89. The fraction of sp³-hybridized carbons (Fsp3) is 0.143. The van der Waals surface area contributed by atoms with Gasteiger partial charge >= 0.3 is 5.97 Å².